The van der Waals surface area contributed by atoms with Crippen molar-refractivity contribution in [2.75, 3.05) is 0 Å². The van der Waals surface area contributed by atoms with Crippen LogP contribution in [-0.4, -0.2) is 23.0 Å². The van der Waals surface area contributed by atoms with Gasteiger partial charge in [0.1, 0.15) is 6.04 Å². The third kappa shape index (κ3) is 3.47. The van der Waals surface area contributed by atoms with E-state index in [0.29, 0.717) is 22.9 Å². The first-order valence-electron chi connectivity index (χ1n) is 5.85. The highest BCUT2D eigenvalue weighted by Gasteiger charge is 2.30. The number of rotatable bonds is 5. The number of carbonyl (C=O) groups excluding carboxylic acids is 1. The van der Waals surface area contributed by atoms with E-state index in [1.54, 1.807) is 24.3 Å². The van der Waals surface area contributed by atoms with Gasteiger partial charge in [-0.05, 0) is 36.6 Å². The molecule has 0 spiro atoms. The van der Waals surface area contributed by atoms with Crippen LogP contribution in [0.4, 0.5) is 0 Å². The summed E-state index contributed by atoms with van der Waals surface area (Å²) in [5.74, 6) is -0.916. The summed E-state index contributed by atoms with van der Waals surface area (Å²) in [5, 5.41) is 12.1. The van der Waals surface area contributed by atoms with Crippen molar-refractivity contribution in [1.82, 2.24) is 5.32 Å². The molecule has 1 aromatic rings. The second-order valence-corrected chi connectivity index (χ2v) is 4.99. The maximum atomic E-state index is 11.9. The van der Waals surface area contributed by atoms with Crippen LogP contribution in [0.15, 0.2) is 24.3 Å². The van der Waals surface area contributed by atoms with Gasteiger partial charge in [-0.3, -0.25) is 4.79 Å². The maximum absolute atomic E-state index is 11.9. The van der Waals surface area contributed by atoms with E-state index in [4.69, 9.17) is 16.7 Å². The molecule has 1 aliphatic rings. The van der Waals surface area contributed by atoms with Crippen LogP contribution >= 0.6 is 11.6 Å². The lowest BCUT2D eigenvalue weighted by Crippen LogP contribution is -2.41. The smallest absolute Gasteiger partial charge is 0.326 e. The van der Waals surface area contributed by atoms with E-state index >= 15 is 0 Å². The highest BCUT2D eigenvalue weighted by atomic mass is 35.5. The van der Waals surface area contributed by atoms with Crippen LogP contribution in [0.3, 0.4) is 0 Å². The summed E-state index contributed by atoms with van der Waals surface area (Å²) in [6.45, 7) is 0. The third-order valence-electron chi connectivity index (χ3n) is 2.98. The number of benzene rings is 1. The van der Waals surface area contributed by atoms with E-state index in [1.165, 1.54) is 0 Å². The number of carbonyl (C=O) groups is 2. The lowest BCUT2D eigenvalue weighted by molar-refractivity contribution is -0.139. The van der Waals surface area contributed by atoms with Gasteiger partial charge in [0.2, 0.25) is 0 Å². The number of carboxylic acids is 1. The monoisotopic (exact) mass is 267 g/mol. The Labute approximate surface area is 110 Å². The molecular weight excluding hydrogens is 254 g/mol. The number of hydrogen-bond donors (Lipinski definition) is 2. The first-order chi connectivity index (χ1) is 8.56. The summed E-state index contributed by atoms with van der Waals surface area (Å²) in [5.41, 5.74) is 0.418. The van der Waals surface area contributed by atoms with Crippen molar-refractivity contribution in [1.29, 1.82) is 0 Å². The molecule has 0 saturated heterocycles. The fourth-order valence-electron chi connectivity index (χ4n) is 1.75. The summed E-state index contributed by atoms with van der Waals surface area (Å²) in [6, 6.07) is 5.56. The molecule has 4 nitrogen and oxygen atoms in total. The predicted octanol–water partition coefficient (Wildman–Crippen LogP) is 2.32. The predicted molar refractivity (Wildman–Crippen MR) is 67.7 cm³/mol. The average molecular weight is 268 g/mol. The SMILES string of the molecule is O=C(N[C@H](CC1CC1)C(=O)O)c1ccc(Cl)cc1. The number of nitrogens with one attached hydrogen (secondary N) is 1. The van der Waals surface area contributed by atoms with E-state index < -0.39 is 12.0 Å². The first-order valence-corrected chi connectivity index (χ1v) is 6.23. The molecule has 0 heterocycles. The number of aliphatic carboxylic acids is 1. The van der Waals surface area contributed by atoms with Gasteiger partial charge in [-0.15, -0.1) is 0 Å². The Hall–Kier alpha value is -1.55. The molecule has 2 rings (SSSR count). The minimum atomic E-state index is -0.982. The molecule has 1 aliphatic carbocycles. The molecule has 18 heavy (non-hydrogen) atoms. The third-order valence-corrected chi connectivity index (χ3v) is 3.23. The largest absolute Gasteiger partial charge is 0.480 e. The fraction of sp³-hybridized carbons (Fsp3) is 0.385. The van der Waals surface area contributed by atoms with Crippen LogP contribution in [0.1, 0.15) is 29.6 Å². The standard InChI is InChI=1S/C13H14ClNO3/c14-10-5-3-9(4-6-10)12(16)15-11(13(17)18)7-8-1-2-8/h3-6,8,11H,1-2,7H2,(H,15,16)(H,17,18)/t11-/m1/s1. The molecule has 0 bridgehead atoms. The van der Waals surface area contributed by atoms with Crippen LogP contribution in [0.5, 0.6) is 0 Å². The van der Waals surface area contributed by atoms with Crippen molar-refractivity contribution >= 4 is 23.5 Å². The number of carboxylic acid groups (broad SMARTS) is 1. The van der Waals surface area contributed by atoms with Crippen molar-refractivity contribution in [2.24, 2.45) is 5.92 Å². The number of amides is 1. The Bertz CT molecular complexity index is 454. The quantitative estimate of drug-likeness (QED) is 0.860. The molecule has 1 fully saturated rings. The Balaban J connectivity index is 1.99. The molecule has 0 aromatic heterocycles. The molecule has 1 aromatic carbocycles. The Kier molecular flexibility index (Phi) is 3.87. The van der Waals surface area contributed by atoms with Crippen molar-refractivity contribution in [2.45, 2.75) is 25.3 Å². The van der Waals surface area contributed by atoms with Gasteiger partial charge in [0.25, 0.3) is 5.91 Å². The molecule has 5 heteroatoms. The van der Waals surface area contributed by atoms with Gasteiger partial charge in [0.05, 0.1) is 0 Å². The van der Waals surface area contributed by atoms with E-state index in [9.17, 15) is 9.59 Å². The molecule has 0 radical (unpaired) electrons. The molecule has 96 valence electrons. The summed E-state index contributed by atoms with van der Waals surface area (Å²) in [4.78, 5) is 22.9. The topological polar surface area (TPSA) is 66.4 Å². The Morgan fingerprint density at radius 3 is 2.44 bits per heavy atom. The summed E-state index contributed by atoms with van der Waals surface area (Å²) >= 11 is 5.72. The summed E-state index contributed by atoms with van der Waals surface area (Å²) < 4.78 is 0. The van der Waals surface area contributed by atoms with Crippen molar-refractivity contribution in [3.8, 4) is 0 Å². The second kappa shape index (κ2) is 5.40. The Morgan fingerprint density at radius 2 is 1.94 bits per heavy atom. The maximum Gasteiger partial charge on any atom is 0.326 e. The van der Waals surface area contributed by atoms with Gasteiger partial charge in [-0.2, -0.15) is 0 Å². The Morgan fingerprint density at radius 1 is 1.33 bits per heavy atom. The second-order valence-electron chi connectivity index (χ2n) is 4.55. The minimum Gasteiger partial charge on any atom is -0.480 e. The molecule has 1 atom stereocenters. The van der Waals surface area contributed by atoms with E-state index in [1.807, 2.05) is 0 Å². The van der Waals surface area contributed by atoms with Crippen LogP contribution in [-0.2, 0) is 4.79 Å². The molecule has 0 aliphatic heterocycles. The van der Waals surface area contributed by atoms with Crippen LogP contribution in [0.2, 0.25) is 5.02 Å². The van der Waals surface area contributed by atoms with Gasteiger partial charge < -0.3 is 10.4 Å². The van der Waals surface area contributed by atoms with Crippen LogP contribution < -0.4 is 5.32 Å². The zero-order valence-electron chi connectivity index (χ0n) is 9.73. The summed E-state index contributed by atoms with van der Waals surface area (Å²) in [6.07, 6.45) is 2.62. The van der Waals surface area contributed by atoms with Crippen LogP contribution in [0.25, 0.3) is 0 Å². The van der Waals surface area contributed by atoms with E-state index in [0.717, 1.165) is 12.8 Å². The van der Waals surface area contributed by atoms with E-state index in [-0.39, 0.29) is 5.91 Å². The number of halogens is 1. The zero-order valence-corrected chi connectivity index (χ0v) is 10.5. The lowest BCUT2D eigenvalue weighted by atomic mass is 10.1. The highest BCUT2D eigenvalue weighted by Crippen LogP contribution is 2.33. The van der Waals surface area contributed by atoms with Gasteiger partial charge in [-0.25, -0.2) is 4.79 Å². The van der Waals surface area contributed by atoms with Crippen LogP contribution in [0, 0.1) is 5.92 Å². The molecule has 1 amide bonds. The van der Waals surface area contributed by atoms with Crippen molar-refractivity contribution in [3.05, 3.63) is 34.9 Å². The van der Waals surface area contributed by atoms with Crippen molar-refractivity contribution < 1.29 is 14.7 Å². The summed E-state index contributed by atoms with van der Waals surface area (Å²) in [7, 11) is 0. The van der Waals surface area contributed by atoms with E-state index in [2.05, 4.69) is 5.32 Å². The van der Waals surface area contributed by atoms with Gasteiger partial charge in [0, 0.05) is 10.6 Å². The minimum absolute atomic E-state index is 0.375. The highest BCUT2D eigenvalue weighted by molar-refractivity contribution is 6.30. The lowest BCUT2D eigenvalue weighted by Gasteiger charge is -2.14. The fourth-order valence-corrected chi connectivity index (χ4v) is 1.88. The first kappa shape index (κ1) is 12.9. The molecule has 2 N–H and O–H groups in total. The molecule has 1 saturated carbocycles. The average Bonchev–Trinajstić information content (AvgIpc) is 3.12. The van der Waals surface area contributed by atoms with Gasteiger partial charge >= 0.3 is 5.97 Å². The normalized spacial score (nSPS) is 16.1. The number of hydrogen-bond acceptors (Lipinski definition) is 2. The van der Waals surface area contributed by atoms with Gasteiger partial charge in [0.15, 0.2) is 0 Å². The zero-order chi connectivity index (χ0) is 13.1. The van der Waals surface area contributed by atoms with Gasteiger partial charge in [-0.1, -0.05) is 24.4 Å². The molecular formula is C13H14ClNO3. The van der Waals surface area contributed by atoms with Crippen molar-refractivity contribution in [3.63, 3.8) is 0 Å². The molecule has 0 unspecified atom stereocenters.